The Balaban J connectivity index is 1.57. The molecule has 1 amide bonds. The van der Waals surface area contributed by atoms with Crippen molar-refractivity contribution >= 4 is 17.4 Å². The fourth-order valence-electron chi connectivity index (χ4n) is 2.79. The minimum absolute atomic E-state index is 0.0370. The number of hydrogen-bond donors (Lipinski definition) is 1. The molecule has 23 heavy (non-hydrogen) atoms. The van der Waals surface area contributed by atoms with Crippen LogP contribution in [-0.2, 0) is 11.3 Å². The fourth-order valence-corrected chi connectivity index (χ4v) is 2.79. The van der Waals surface area contributed by atoms with Gasteiger partial charge in [-0.05, 0) is 31.2 Å². The van der Waals surface area contributed by atoms with Crippen molar-refractivity contribution in [2.45, 2.75) is 13.5 Å². The van der Waals surface area contributed by atoms with Crippen LogP contribution in [0.5, 0.6) is 0 Å². The van der Waals surface area contributed by atoms with Crippen LogP contribution in [0.4, 0.5) is 15.9 Å². The number of halogens is 1. The molecule has 6 nitrogen and oxygen atoms in total. The molecular formula is C16H20FN5O. The number of anilines is 2. The Morgan fingerprint density at radius 1 is 1.22 bits per heavy atom. The van der Waals surface area contributed by atoms with Crippen LogP contribution in [0, 0.1) is 12.7 Å². The van der Waals surface area contributed by atoms with Gasteiger partial charge in [0.05, 0.1) is 0 Å². The van der Waals surface area contributed by atoms with E-state index in [0.717, 1.165) is 24.5 Å². The molecule has 2 N–H and O–H groups in total. The van der Waals surface area contributed by atoms with E-state index < -0.39 is 0 Å². The highest BCUT2D eigenvalue weighted by atomic mass is 19.1. The summed E-state index contributed by atoms with van der Waals surface area (Å²) < 4.78 is 14.6. The largest absolute Gasteiger partial charge is 0.382 e. The summed E-state index contributed by atoms with van der Waals surface area (Å²) in [5.74, 6) is 0.225. The van der Waals surface area contributed by atoms with Gasteiger partial charge in [0.2, 0.25) is 5.91 Å². The number of nitrogens with zero attached hydrogens (tertiary/aromatic N) is 4. The number of amides is 1. The second-order valence-corrected chi connectivity index (χ2v) is 5.71. The van der Waals surface area contributed by atoms with Crippen molar-refractivity contribution < 1.29 is 9.18 Å². The van der Waals surface area contributed by atoms with E-state index in [1.165, 1.54) is 12.1 Å². The molecule has 1 aromatic heterocycles. The lowest BCUT2D eigenvalue weighted by molar-refractivity contribution is -0.132. The number of rotatable bonds is 3. The highest BCUT2D eigenvalue weighted by molar-refractivity contribution is 5.76. The number of nitrogens with two attached hydrogens (primary N) is 1. The molecule has 0 saturated carbocycles. The van der Waals surface area contributed by atoms with Crippen LogP contribution in [0.1, 0.15) is 5.69 Å². The van der Waals surface area contributed by atoms with Crippen LogP contribution in [0.15, 0.2) is 30.3 Å². The molecule has 2 heterocycles. The van der Waals surface area contributed by atoms with E-state index in [4.69, 9.17) is 5.73 Å². The van der Waals surface area contributed by atoms with E-state index in [-0.39, 0.29) is 18.3 Å². The maximum Gasteiger partial charge on any atom is 0.244 e. The van der Waals surface area contributed by atoms with E-state index in [9.17, 15) is 9.18 Å². The molecule has 0 radical (unpaired) electrons. The van der Waals surface area contributed by atoms with Gasteiger partial charge in [-0.1, -0.05) is 0 Å². The molecule has 7 heteroatoms. The average molecular weight is 317 g/mol. The predicted molar refractivity (Wildman–Crippen MR) is 86.6 cm³/mol. The molecule has 0 aliphatic carbocycles. The zero-order chi connectivity index (χ0) is 16.4. The van der Waals surface area contributed by atoms with Crippen LogP contribution < -0.4 is 10.6 Å². The first kappa shape index (κ1) is 15.3. The molecule has 1 aliphatic rings. The lowest BCUT2D eigenvalue weighted by Crippen LogP contribution is -2.49. The van der Waals surface area contributed by atoms with Gasteiger partial charge >= 0.3 is 0 Å². The van der Waals surface area contributed by atoms with Crippen LogP contribution in [-0.4, -0.2) is 46.8 Å². The van der Waals surface area contributed by atoms with E-state index in [0.29, 0.717) is 18.9 Å². The van der Waals surface area contributed by atoms with Gasteiger partial charge < -0.3 is 15.5 Å². The summed E-state index contributed by atoms with van der Waals surface area (Å²) >= 11 is 0. The lowest BCUT2D eigenvalue weighted by Gasteiger charge is -2.36. The van der Waals surface area contributed by atoms with Crippen LogP contribution in [0.3, 0.4) is 0 Å². The molecule has 0 spiro atoms. The molecular weight excluding hydrogens is 297 g/mol. The SMILES string of the molecule is Cc1cc(N)nn1CC(=O)N1CCN(c2ccc(F)cc2)CC1. The Morgan fingerprint density at radius 2 is 1.87 bits per heavy atom. The summed E-state index contributed by atoms with van der Waals surface area (Å²) in [6.45, 7) is 4.84. The van der Waals surface area contributed by atoms with Gasteiger partial charge in [0.15, 0.2) is 0 Å². The first-order valence-electron chi connectivity index (χ1n) is 7.61. The third kappa shape index (κ3) is 3.44. The highest BCUT2D eigenvalue weighted by Crippen LogP contribution is 2.17. The number of aryl methyl sites for hydroxylation is 1. The van der Waals surface area contributed by atoms with Gasteiger partial charge in [-0.15, -0.1) is 0 Å². The van der Waals surface area contributed by atoms with Crippen molar-refractivity contribution in [1.82, 2.24) is 14.7 Å². The molecule has 1 fully saturated rings. The number of hydrogen-bond acceptors (Lipinski definition) is 4. The summed E-state index contributed by atoms with van der Waals surface area (Å²) in [6.07, 6.45) is 0. The predicted octanol–water partition coefficient (Wildman–Crippen LogP) is 1.26. The number of nitrogen functional groups attached to an aromatic ring is 1. The van der Waals surface area contributed by atoms with Gasteiger partial charge in [-0.25, -0.2) is 4.39 Å². The second kappa shape index (κ2) is 6.28. The molecule has 3 rings (SSSR count). The highest BCUT2D eigenvalue weighted by Gasteiger charge is 2.22. The van der Waals surface area contributed by atoms with Crippen molar-refractivity contribution in [3.8, 4) is 0 Å². The summed E-state index contributed by atoms with van der Waals surface area (Å²) in [5, 5.41) is 4.12. The molecule has 2 aromatic rings. The third-order valence-electron chi connectivity index (χ3n) is 4.11. The zero-order valence-corrected chi connectivity index (χ0v) is 13.1. The van der Waals surface area contributed by atoms with Gasteiger partial charge in [0.25, 0.3) is 0 Å². The minimum Gasteiger partial charge on any atom is -0.382 e. The van der Waals surface area contributed by atoms with Crippen LogP contribution >= 0.6 is 0 Å². The van der Waals surface area contributed by atoms with Crippen molar-refractivity contribution in [3.05, 3.63) is 41.8 Å². The Bertz CT molecular complexity index is 689. The van der Waals surface area contributed by atoms with Crippen LogP contribution in [0.2, 0.25) is 0 Å². The van der Waals surface area contributed by atoms with Crippen molar-refractivity contribution in [1.29, 1.82) is 0 Å². The summed E-state index contributed by atoms with van der Waals surface area (Å²) in [4.78, 5) is 16.4. The number of carbonyl (C=O) groups excluding carboxylic acids is 1. The molecule has 1 aliphatic heterocycles. The lowest BCUT2D eigenvalue weighted by atomic mass is 10.2. The summed E-state index contributed by atoms with van der Waals surface area (Å²) in [7, 11) is 0. The van der Waals surface area contributed by atoms with Crippen molar-refractivity contribution in [2.75, 3.05) is 36.8 Å². The van der Waals surface area contributed by atoms with Gasteiger partial charge in [0.1, 0.15) is 18.2 Å². The topological polar surface area (TPSA) is 67.4 Å². The van der Waals surface area contributed by atoms with Gasteiger partial charge in [0, 0.05) is 43.6 Å². The van der Waals surface area contributed by atoms with E-state index in [2.05, 4.69) is 10.00 Å². The number of carbonyl (C=O) groups is 1. The Kier molecular flexibility index (Phi) is 4.18. The fraction of sp³-hybridized carbons (Fsp3) is 0.375. The Morgan fingerprint density at radius 3 is 2.43 bits per heavy atom. The molecule has 122 valence electrons. The molecule has 0 bridgehead atoms. The molecule has 1 saturated heterocycles. The zero-order valence-electron chi connectivity index (χ0n) is 13.1. The van der Waals surface area contributed by atoms with E-state index in [1.54, 1.807) is 22.9 Å². The van der Waals surface area contributed by atoms with Gasteiger partial charge in [-0.3, -0.25) is 9.48 Å². The van der Waals surface area contributed by atoms with Crippen LogP contribution in [0.25, 0.3) is 0 Å². The normalized spacial score (nSPS) is 15.0. The second-order valence-electron chi connectivity index (χ2n) is 5.71. The summed E-state index contributed by atoms with van der Waals surface area (Å²) in [5.41, 5.74) is 7.49. The minimum atomic E-state index is -0.239. The quantitative estimate of drug-likeness (QED) is 0.925. The molecule has 0 atom stereocenters. The average Bonchev–Trinajstić information content (AvgIpc) is 2.86. The van der Waals surface area contributed by atoms with Gasteiger partial charge in [-0.2, -0.15) is 5.10 Å². The monoisotopic (exact) mass is 317 g/mol. The van der Waals surface area contributed by atoms with E-state index in [1.807, 2.05) is 11.8 Å². The molecule has 1 aromatic carbocycles. The first-order chi connectivity index (χ1) is 11.0. The molecule has 0 unspecified atom stereocenters. The number of benzene rings is 1. The smallest absolute Gasteiger partial charge is 0.244 e. The van der Waals surface area contributed by atoms with Crippen molar-refractivity contribution in [3.63, 3.8) is 0 Å². The standard InChI is InChI=1S/C16H20FN5O/c1-12-10-15(18)19-22(12)11-16(23)21-8-6-20(7-9-21)14-4-2-13(17)3-5-14/h2-5,10H,6-9,11H2,1H3,(H2,18,19). The Hall–Kier alpha value is -2.57. The third-order valence-corrected chi connectivity index (χ3v) is 4.11. The summed E-state index contributed by atoms with van der Waals surface area (Å²) in [6, 6.07) is 8.20. The van der Waals surface area contributed by atoms with Crippen molar-refractivity contribution in [2.24, 2.45) is 0 Å². The first-order valence-corrected chi connectivity index (χ1v) is 7.61. The number of piperazine rings is 1. The maximum absolute atomic E-state index is 13.0. The van der Waals surface area contributed by atoms with E-state index >= 15 is 0 Å². The number of aromatic nitrogens is 2. The maximum atomic E-state index is 13.0. The Labute approximate surface area is 134 Å².